The zero-order chi connectivity index (χ0) is 20.5. The van der Waals surface area contributed by atoms with E-state index in [1.54, 1.807) is 6.92 Å². The fraction of sp³-hybridized carbons (Fsp3) is 0.913. The van der Waals surface area contributed by atoms with Gasteiger partial charge in [-0.15, -0.1) is 0 Å². The van der Waals surface area contributed by atoms with Crippen LogP contribution in [-0.4, -0.2) is 33.4 Å². The van der Waals surface area contributed by atoms with Crippen LogP contribution in [0.2, 0.25) is 0 Å². The van der Waals surface area contributed by atoms with Gasteiger partial charge in [0.15, 0.2) is 0 Å². The molecule has 4 aliphatic carbocycles. The Labute approximate surface area is 177 Å². The van der Waals surface area contributed by atoms with Gasteiger partial charge in [0.2, 0.25) is 0 Å². The molecule has 9 atom stereocenters. The molecule has 28 heavy (non-hydrogen) atoms. The van der Waals surface area contributed by atoms with Crippen molar-refractivity contribution < 1.29 is 19.4 Å². The summed E-state index contributed by atoms with van der Waals surface area (Å²) in [6, 6.07) is 0. The molecular formula is C23H35BrO4. The Kier molecular flexibility index (Phi) is 5.06. The van der Waals surface area contributed by atoms with Crippen LogP contribution < -0.4 is 0 Å². The highest BCUT2D eigenvalue weighted by atomic mass is 79.9. The van der Waals surface area contributed by atoms with E-state index in [-0.39, 0.29) is 33.1 Å². The highest BCUT2D eigenvalue weighted by Crippen LogP contribution is 2.71. The van der Waals surface area contributed by atoms with E-state index >= 15 is 0 Å². The molecular weight excluding hydrogens is 420 g/mol. The zero-order valence-corrected chi connectivity index (χ0v) is 19.3. The minimum Gasteiger partial charge on any atom is -0.463 e. The van der Waals surface area contributed by atoms with Gasteiger partial charge in [0, 0.05) is 12.8 Å². The second-order valence-electron chi connectivity index (χ2n) is 10.6. The molecule has 0 aromatic heterocycles. The average Bonchev–Trinajstić information content (AvgIpc) is 2.93. The smallest absolute Gasteiger partial charge is 0.302 e. The van der Waals surface area contributed by atoms with Gasteiger partial charge in [-0.2, -0.15) is 0 Å². The van der Waals surface area contributed by atoms with Crippen molar-refractivity contribution in [2.75, 3.05) is 0 Å². The maximum atomic E-state index is 12.3. The van der Waals surface area contributed by atoms with E-state index in [2.05, 4.69) is 29.8 Å². The van der Waals surface area contributed by atoms with Gasteiger partial charge in [-0.25, -0.2) is 0 Å². The number of halogens is 1. The fourth-order valence-electron chi connectivity index (χ4n) is 8.23. The van der Waals surface area contributed by atoms with Gasteiger partial charge in [-0.1, -0.05) is 29.8 Å². The topological polar surface area (TPSA) is 63.6 Å². The lowest BCUT2D eigenvalue weighted by molar-refractivity contribution is -0.169. The summed E-state index contributed by atoms with van der Waals surface area (Å²) in [5.74, 6) is 1.54. The van der Waals surface area contributed by atoms with E-state index in [4.69, 9.17) is 4.74 Å². The van der Waals surface area contributed by atoms with Crippen molar-refractivity contribution in [3.8, 4) is 0 Å². The molecule has 4 fully saturated rings. The fourth-order valence-corrected chi connectivity index (χ4v) is 9.46. The van der Waals surface area contributed by atoms with E-state index in [1.807, 2.05) is 0 Å². The van der Waals surface area contributed by atoms with Crippen LogP contribution in [-0.2, 0) is 14.3 Å². The van der Waals surface area contributed by atoms with E-state index < -0.39 is 6.10 Å². The number of Topliss-reactive ketones (excluding diaryl/α,β-unsaturated/α-hetero) is 1. The first-order valence-corrected chi connectivity index (χ1v) is 11.9. The molecule has 4 nitrogen and oxygen atoms in total. The number of carbonyl (C=O) groups is 2. The van der Waals surface area contributed by atoms with Gasteiger partial charge in [-0.05, 0) is 86.9 Å². The van der Waals surface area contributed by atoms with Crippen molar-refractivity contribution in [1.29, 1.82) is 0 Å². The Hall–Kier alpha value is -0.420. The summed E-state index contributed by atoms with van der Waals surface area (Å²) in [7, 11) is 0. The monoisotopic (exact) mass is 454 g/mol. The number of hydrogen-bond donors (Lipinski definition) is 1. The minimum absolute atomic E-state index is 0.0123. The molecule has 0 spiro atoms. The first kappa shape index (κ1) is 20.8. The number of hydrogen-bond acceptors (Lipinski definition) is 4. The summed E-state index contributed by atoms with van der Waals surface area (Å²) in [5.41, 5.74) is -0.0903. The standard InChI is InChI=1S/C23H35BrO4/c1-13(25)17-7-8-18-19-6-5-15-11-16(28-14(2)26)9-10-22(15,4)23(19,24)20(27)12-21(17,18)3/h15-20,27H,5-12H2,1-4H3/t15?,16?,17-,18+,19+,20?,21-,22+,23+/m1/s1. The van der Waals surface area contributed by atoms with Crippen LogP contribution in [0.4, 0.5) is 0 Å². The lowest BCUT2D eigenvalue weighted by atomic mass is 9.43. The summed E-state index contributed by atoms with van der Waals surface area (Å²) in [5, 5.41) is 11.5. The third-order valence-corrected chi connectivity index (χ3v) is 11.5. The Morgan fingerprint density at radius 2 is 1.71 bits per heavy atom. The van der Waals surface area contributed by atoms with Gasteiger partial charge >= 0.3 is 5.97 Å². The Balaban J connectivity index is 1.65. The second kappa shape index (κ2) is 6.80. The van der Waals surface area contributed by atoms with Crippen LogP contribution in [0.15, 0.2) is 0 Å². The number of ether oxygens (including phenoxy) is 1. The molecule has 4 rings (SSSR count). The molecule has 0 bridgehead atoms. The number of alkyl halides is 1. The average molecular weight is 455 g/mol. The number of aliphatic hydroxyl groups excluding tert-OH is 1. The molecule has 4 aliphatic rings. The third-order valence-electron chi connectivity index (χ3n) is 9.51. The maximum Gasteiger partial charge on any atom is 0.302 e. The molecule has 0 radical (unpaired) electrons. The molecule has 0 aromatic rings. The van der Waals surface area contributed by atoms with Crippen molar-refractivity contribution in [1.82, 2.24) is 0 Å². The molecule has 0 aromatic carbocycles. The summed E-state index contributed by atoms with van der Waals surface area (Å²) >= 11 is 4.18. The van der Waals surface area contributed by atoms with Crippen molar-refractivity contribution in [2.24, 2.45) is 34.5 Å². The zero-order valence-electron chi connectivity index (χ0n) is 17.7. The Bertz CT molecular complexity index is 680. The molecule has 4 saturated carbocycles. The van der Waals surface area contributed by atoms with E-state index in [1.165, 1.54) is 6.92 Å². The van der Waals surface area contributed by atoms with Crippen LogP contribution >= 0.6 is 15.9 Å². The SMILES string of the molecule is CC(=O)OC1CC[C@@]2(C)C(CC[C@H]3[C@@H]4CC[C@H](C(C)=O)[C@@]4(C)CC(O)[C@@]32Br)C1. The molecule has 0 saturated heterocycles. The van der Waals surface area contributed by atoms with Crippen molar-refractivity contribution in [3.05, 3.63) is 0 Å². The maximum absolute atomic E-state index is 12.3. The predicted molar refractivity (Wildman–Crippen MR) is 111 cm³/mol. The lowest BCUT2D eigenvalue weighted by Gasteiger charge is -2.67. The Morgan fingerprint density at radius 1 is 1.04 bits per heavy atom. The molecule has 0 amide bonds. The van der Waals surface area contributed by atoms with Gasteiger partial charge in [0.25, 0.3) is 0 Å². The number of rotatable bonds is 2. The van der Waals surface area contributed by atoms with Crippen LogP contribution in [0, 0.1) is 34.5 Å². The molecule has 158 valence electrons. The van der Waals surface area contributed by atoms with Crippen LogP contribution in [0.1, 0.15) is 79.1 Å². The molecule has 5 heteroatoms. The second-order valence-corrected chi connectivity index (χ2v) is 12.0. The quantitative estimate of drug-likeness (QED) is 0.486. The lowest BCUT2D eigenvalue weighted by Crippen LogP contribution is -2.68. The van der Waals surface area contributed by atoms with Gasteiger partial charge < -0.3 is 9.84 Å². The summed E-state index contributed by atoms with van der Waals surface area (Å²) in [6.07, 6.45) is 7.29. The van der Waals surface area contributed by atoms with Crippen LogP contribution in [0.3, 0.4) is 0 Å². The molecule has 0 heterocycles. The minimum atomic E-state index is -0.447. The third kappa shape index (κ3) is 2.71. The summed E-state index contributed by atoms with van der Waals surface area (Å²) < 4.78 is 5.25. The molecule has 1 N–H and O–H groups in total. The number of ketones is 1. The Morgan fingerprint density at radius 3 is 2.36 bits per heavy atom. The first-order valence-electron chi connectivity index (χ1n) is 11.1. The van der Waals surface area contributed by atoms with Crippen molar-refractivity contribution >= 4 is 27.7 Å². The van der Waals surface area contributed by atoms with Gasteiger partial charge in [0.1, 0.15) is 11.9 Å². The van der Waals surface area contributed by atoms with E-state index in [0.29, 0.717) is 30.0 Å². The van der Waals surface area contributed by atoms with Crippen molar-refractivity contribution in [2.45, 2.75) is 95.6 Å². The largest absolute Gasteiger partial charge is 0.463 e. The number of fused-ring (bicyclic) bond motifs is 5. The summed E-state index contributed by atoms with van der Waals surface area (Å²) in [6.45, 7) is 7.84. The molecule has 3 unspecified atom stereocenters. The van der Waals surface area contributed by atoms with E-state index in [0.717, 1.165) is 44.9 Å². The normalized spacial score (nSPS) is 52.9. The van der Waals surface area contributed by atoms with E-state index in [9.17, 15) is 14.7 Å². The number of carbonyl (C=O) groups excluding carboxylic acids is 2. The first-order chi connectivity index (χ1) is 13.0. The van der Waals surface area contributed by atoms with Crippen molar-refractivity contribution in [3.63, 3.8) is 0 Å². The van der Waals surface area contributed by atoms with Crippen LogP contribution in [0.5, 0.6) is 0 Å². The van der Waals surface area contributed by atoms with Crippen LogP contribution in [0.25, 0.3) is 0 Å². The highest BCUT2D eigenvalue weighted by Gasteiger charge is 2.70. The number of esters is 1. The predicted octanol–water partition coefficient (Wildman–Crippen LogP) is 4.65. The highest BCUT2D eigenvalue weighted by molar-refractivity contribution is 9.10. The summed E-state index contributed by atoms with van der Waals surface area (Å²) in [4.78, 5) is 23.8. The number of aliphatic hydroxyl groups is 1. The van der Waals surface area contributed by atoms with Gasteiger partial charge in [-0.3, -0.25) is 9.59 Å². The van der Waals surface area contributed by atoms with Gasteiger partial charge in [0.05, 0.1) is 10.4 Å². The molecule has 0 aliphatic heterocycles.